The lowest BCUT2D eigenvalue weighted by Crippen LogP contribution is -2.44. The number of aliphatic hydroxyl groups is 1. The maximum atomic E-state index is 10.4. The summed E-state index contributed by atoms with van der Waals surface area (Å²) in [6, 6.07) is 5.24. The van der Waals surface area contributed by atoms with Crippen LogP contribution in [-0.4, -0.2) is 29.3 Å². The first kappa shape index (κ1) is 18.5. The highest BCUT2D eigenvalue weighted by Crippen LogP contribution is 2.19. The maximum absolute atomic E-state index is 10.4. The van der Waals surface area contributed by atoms with Crippen LogP contribution in [0.1, 0.15) is 25.3 Å². The Balaban J connectivity index is 0.00000242. The molecule has 1 atom stereocenters. The summed E-state index contributed by atoms with van der Waals surface area (Å²) in [5.41, 5.74) is -0.377. The second-order valence-electron chi connectivity index (χ2n) is 4.79. The van der Waals surface area contributed by atoms with Gasteiger partial charge in [-0.05, 0) is 26.0 Å². The number of rotatable bonds is 6. The number of hydrogen-bond acceptors (Lipinski definition) is 5. The van der Waals surface area contributed by atoms with Crippen molar-refractivity contribution >= 4 is 29.9 Å². The van der Waals surface area contributed by atoms with Gasteiger partial charge in [0, 0.05) is 12.6 Å². The number of aromatic nitrogens is 1. The maximum Gasteiger partial charge on any atom is 0.191 e. The molecule has 0 spiro atoms. The third-order valence-corrected chi connectivity index (χ3v) is 2.89. The number of nitrogens with zero attached hydrogens (tertiary/aromatic N) is 2. The summed E-state index contributed by atoms with van der Waals surface area (Å²) in [6.07, 6.45) is 3.04. The molecule has 0 amide bonds. The zero-order valence-corrected chi connectivity index (χ0v) is 14.9. The summed E-state index contributed by atoms with van der Waals surface area (Å²) < 4.78 is 9.99. The first-order chi connectivity index (χ1) is 10.1. The Labute approximate surface area is 146 Å². The fraction of sp³-hybridized carbons (Fsp3) is 0.429. The standard InChI is InChI=1S/C14H20N4O3.HI/c1-3-15-13(16-9-11-6-8-21-18-11)17-10-14(2,19)12-5-4-7-20-12;/h4-8,19H,3,9-10H2,1-2H3,(H2,15,16,17);1H. The van der Waals surface area contributed by atoms with Crippen molar-refractivity contribution in [2.75, 3.05) is 13.1 Å². The number of guanidine groups is 1. The normalized spacial score (nSPS) is 14.0. The molecule has 2 aromatic heterocycles. The molecule has 0 aromatic carbocycles. The number of hydrogen-bond donors (Lipinski definition) is 3. The molecule has 0 radical (unpaired) electrons. The van der Waals surface area contributed by atoms with E-state index in [1.54, 1.807) is 25.1 Å². The summed E-state index contributed by atoms with van der Waals surface area (Å²) in [7, 11) is 0. The van der Waals surface area contributed by atoms with E-state index in [0.29, 0.717) is 24.8 Å². The van der Waals surface area contributed by atoms with E-state index in [0.717, 1.165) is 5.69 Å². The van der Waals surface area contributed by atoms with Gasteiger partial charge in [0.25, 0.3) is 0 Å². The minimum atomic E-state index is -1.12. The van der Waals surface area contributed by atoms with Crippen LogP contribution in [0.4, 0.5) is 0 Å². The Bertz CT molecular complexity index is 553. The van der Waals surface area contributed by atoms with Gasteiger partial charge in [0.1, 0.15) is 23.3 Å². The lowest BCUT2D eigenvalue weighted by molar-refractivity contribution is 0.0386. The molecule has 2 rings (SSSR count). The van der Waals surface area contributed by atoms with Gasteiger partial charge < -0.3 is 24.7 Å². The van der Waals surface area contributed by atoms with Crippen LogP contribution in [0.5, 0.6) is 0 Å². The van der Waals surface area contributed by atoms with Gasteiger partial charge in [-0.25, -0.2) is 4.99 Å². The molecule has 0 aliphatic carbocycles. The summed E-state index contributed by atoms with van der Waals surface area (Å²) in [5, 5.41) is 20.4. The van der Waals surface area contributed by atoms with Crippen molar-refractivity contribution in [1.29, 1.82) is 0 Å². The van der Waals surface area contributed by atoms with E-state index in [-0.39, 0.29) is 30.5 Å². The molecular formula is C14H21IN4O3. The van der Waals surface area contributed by atoms with E-state index in [9.17, 15) is 5.11 Å². The lowest BCUT2D eigenvalue weighted by atomic mass is 10.0. The van der Waals surface area contributed by atoms with Gasteiger partial charge >= 0.3 is 0 Å². The third-order valence-electron chi connectivity index (χ3n) is 2.89. The van der Waals surface area contributed by atoms with Crippen molar-refractivity contribution in [2.45, 2.75) is 26.0 Å². The summed E-state index contributed by atoms with van der Waals surface area (Å²) in [6.45, 7) is 5.03. The SMILES string of the molecule is CCNC(=NCc1ccon1)NCC(C)(O)c1ccco1.I. The average Bonchev–Trinajstić information content (AvgIpc) is 3.14. The molecule has 0 aliphatic heterocycles. The van der Waals surface area contributed by atoms with Crippen LogP contribution in [-0.2, 0) is 12.1 Å². The van der Waals surface area contributed by atoms with Gasteiger partial charge in [-0.1, -0.05) is 5.16 Å². The molecule has 0 aliphatic rings. The second kappa shape index (κ2) is 8.79. The first-order valence-electron chi connectivity index (χ1n) is 6.79. The predicted octanol–water partition coefficient (Wildman–Crippen LogP) is 1.85. The third kappa shape index (κ3) is 5.34. The molecule has 2 heterocycles. The highest BCUT2D eigenvalue weighted by Gasteiger charge is 2.26. The van der Waals surface area contributed by atoms with Crippen molar-refractivity contribution in [3.05, 3.63) is 42.2 Å². The van der Waals surface area contributed by atoms with Crippen LogP contribution in [0.15, 0.2) is 44.7 Å². The zero-order chi connectivity index (χ0) is 15.1. The first-order valence-corrected chi connectivity index (χ1v) is 6.79. The summed E-state index contributed by atoms with van der Waals surface area (Å²) in [4.78, 5) is 4.37. The highest BCUT2D eigenvalue weighted by molar-refractivity contribution is 14.0. The second-order valence-corrected chi connectivity index (χ2v) is 4.79. The smallest absolute Gasteiger partial charge is 0.191 e. The lowest BCUT2D eigenvalue weighted by Gasteiger charge is -2.22. The number of halogens is 1. The van der Waals surface area contributed by atoms with Gasteiger partial charge in [-0.3, -0.25) is 0 Å². The zero-order valence-electron chi connectivity index (χ0n) is 12.6. The van der Waals surface area contributed by atoms with Crippen molar-refractivity contribution < 1.29 is 14.0 Å². The number of aliphatic imine (C=N–C) groups is 1. The molecule has 122 valence electrons. The molecule has 22 heavy (non-hydrogen) atoms. The molecule has 0 fully saturated rings. The molecule has 8 heteroatoms. The minimum Gasteiger partial charge on any atom is -0.466 e. The largest absolute Gasteiger partial charge is 0.466 e. The van der Waals surface area contributed by atoms with Crippen molar-refractivity contribution in [2.24, 2.45) is 4.99 Å². The van der Waals surface area contributed by atoms with Crippen molar-refractivity contribution in [3.8, 4) is 0 Å². The van der Waals surface area contributed by atoms with E-state index in [4.69, 9.17) is 8.94 Å². The molecule has 1 unspecified atom stereocenters. The Morgan fingerprint density at radius 2 is 2.18 bits per heavy atom. The van der Waals surface area contributed by atoms with Crippen molar-refractivity contribution in [3.63, 3.8) is 0 Å². The molecule has 3 N–H and O–H groups in total. The molecule has 0 saturated heterocycles. The van der Waals surface area contributed by atoms with Crippen LogP contribution in [0.25, 0.3) is 0 Å². The predicted molar refractivity (Wildman–Crippen MR) is 93.0 cm³/mol. The fourth-order valence-corrected chi connectivity index (χ4v) is 1.75. The molecule has 2 aromatic rings. The molecule has 0 saturated carbocycles. The number of nitrogens with one attached hydrogen (secondary N) is 2. The van der Waals surface area contributed by atoms with Crippen LogP contribution in [0, 0.1) is 0 Å². The Morgan fingerprint density at radius 1 is 1.36 bits per heavy atom. The Morgan fingerprint density at radius 3 is 2.77 bits per heavy atom. The van der Waals surface area contributed by atoms with Gasteiger partial charge in [0.15, 0.2) is 5.96 Å². The highest BCUT2D eigenvalue weighted by atomic mass is 127. The van der Waals surface area contributed by atoms with Crippen LogP contribution < -0.4 is 10.6 Å². The topological polar surface area (TPSA) is 95.8 Å². The van der Waals surface area contributed by atoms with E-state index < -0.39 is 5.60 Å². The quantitative estimate of drug-likeness (QED) is 0.375. The number of furan rings is 1. The average molecular weight is 420 g/mol. The molecular weight excluding hydrogens is 399 g/mol. The monoisotopic (exact) mass is 420 g/mol. The Hall–Kier alpha value is -1.55. The van der Waals surface area contributed by atoms with E-state index in [1.807, 2.05) is 6.92 Å². The van der Waals surface area contributed by atoms with Crippen LogP contribution in [0.2, 0.25) is 0 Å². The molecule has 0 bridgehead atoms. The van der Waals surface area contributed by atoms with Crippen LogP contribution in [0.3, 0.4) is 0 Å². The summed E-state index contributed by atoms with van der Waals surface area (Å²) in [5.74, 6) is 1.09. The van der Waals surface area contributed by atoms with Gasteiger partial charge in [0.2, 0.25) is 0 Å². The van der Waals surface area contributed by atoms with E-state index in [1.165, 1.54) is 12.5 Å². The molecule has 7 nitrogen and oxygen atoms in total. The summed E-state index contributed by atoms with van der Waals surface area (Å²) >= 11 is 0. The van der Waals surface area contributed by atoms with Gasteiger partial charge in [0.05, 0.1) is 19.4 Å². The van der Waals surface area contributed by atoms with E-state index >= 15 is 0 Å². The van der Waals surface area contributed by atoms with Gasteiger partial charge in [-0.15, -0.1) is 24.0 Å². The minimum absolute atomic E-state index is 0. The van der Waals surface area contributed by atoms with E-state index in [2.05, 4.69) is 20.8 Å². The Kier molecular flexibility index (Phi) is 7.39. The van der Waals surface area contributed by atoms with Crippen molar-refractivity contribution in [1.82, 2.24) is 15.8 Å². The fourth-order valence-electron chi connectivity index (χ4n) is 1.75. The van der Waals surface area contributed by atoms with Gasteiger partial charge in [-0.2, -0.15) is 0 Å². The van der Waals surface area contributed by atoms with Crippen LogP contribution >= 0.6 is 24.0 Å².